The Morgan fingerprint density at radius 3 is 2.81 bits per heavy atom. The summed E-state index contributed by atoms with van der Waals surface area (Å²) in [5.74, 6) is -0.0779. The molecule has 0 aliphatic heterocycles. The molecule has 0 aliphatic carbocycles. The van der Waals surface area contributed by atoms with Crippen LogP contribution in [0.1, 0.15) is 25.1 Å². The molecule has 0 fully saturated rings. The van der Waals surface area contributed by atoms with Gasteiger partial charge in [-0.25, -0.2) is 4.98 Å². The third-order valence-corrected chi connectivity index (χ3v) is 3.57. The molecule has 0 spiro atoms. The van der Waals surface area contributed by atoms with Crippen LogP contribution in [0.5, 0.6) is 0 Å². The maximum Gasteiger partial charge on any atom is 0.323 e. The molecule has 2 aromatic rings. The van der Waals surface area contributed by atoms with E-state index in [0.717, 1.165) is 22.3 Å². The molecule has 2 rings (SSSR count). The van der Waals surface area contributed by atoms with E-state index in [1.54, 1.807) is 4.68 Å². The van der Waals surface area contributed by atoms with Gasteiger partial charge in [-0.05, 0) is 24.5 Å². The monoisotopic (exact) mass is 290 g/mol. The van der Waals surface area contributed by atoms with E-state index in [4.69, 9.17) is 4.74 Å². The van der Waals surface area contributed by atoms with Crippen LogP contribution in [0.4, 0.5) is 0 Å². The second kappa shape index (κ2) is 6.22. The van der Waals surface area contributed by atoms with Crippen LogP contribution in [0.15, 0.2) is 12.3 Å². The summed E-state index contributed by atoms with van der Waals surface area (Å²) in [5, 5.41) is 8.63. The van der Waals surface area contributed by atoms with E-state index in [2.05, 4.69) is 21.5 Å². The molecule has 2 aromatic heterocycles. The predicted octanol–water partition coefficient (Wildman–Crippen LogP) is 1.56. The summed E-state index contributed by atoms with van der Waals surface area (Å²) in [4.78, 5) is 16.2. The Morgan fingerprint density at radius 1 is 1.48 bits per heavy atom. The van der Waals surface area contributed by atoms with Crippen LogP contribution in [0.3, 0.4) is 0 Å². The third kappa shape index (κ3) is 3.21. The van der Waals surface area contributed by atoms with Gasteiger partial charge in [0, 0.05) is 25.2 Å². The fourth-order valence-corrected chi connectivity index (χ4v) is 2.39. The molecule has 0 radical (unpaired) electrons. The molecule has 0 aromatic carbocycles. The first-order valence-electron chi connectivity index (χ1n) is 7.03. The van der Waals surface area contributed by atoms with Crippen LogP contribution in [0, 0.1) is 12.8 Å². The number of carbonyl (C=O) groups excluding carboxylic acids is 1. The van der Waals surface area contributed by atoms with Gasteiger partial charge in [0.1, 0.15) is 6.04 Å². The number of fused-ring (bicyclic) bond motifs is 1. The van der Waals surface area contributed by atoms with E-state index in [1.165, 1.54) is 7.11 Å². The highest BCUT2D eigenvalue weighted by Gasteiger charge is 2.22. The fraction of sp³-hybridized carbons (Fsp3) is 0.533. The van der Waals surface area contributed by atoms with Crippen LogP contribution < -0.4 is 5.32 Å². The highest BCUT2D eigenvalue weighted by atomic mass is 16.5. The summed E-state index contributed by atoms with van der Waals surface area (Å²) in [6.45, 7) is 6.50. The zero-order valence-corrected chi connectivity index (χ0v) is 13.2. The number of esters is 1. The lowest BCUT2D eigenvalue weighted by Crippen LogP contribution is -2.41. The highest BCUT2D eigenvalue weighted by molar-refractivity contribution is 5.78. The van der Waals surface area contributed by atoms with Crippen LogP contribution in [0.2, 0.25) is 0 Å². The summed E-state index contributed by atoms with van der Waals surface area (Å²) < 4.78 is 6.60. The molecule has 1 unspecified atom stereocenters. The third-order valence-electron chi connectivity index (χ3n) is 3.57. The number of aromatic nitrogens is 3. The van der Waals surface area contributed by atoms with Gasteiger partial charge in [0.05, 0.1) is 12.8 Å². The molecule has 0 bridgehead atoms. The molecule has 0 saturated heterocycles. The van der Waals surface area contributed by atoms with Gasteiger partial charge in [0.2, 0.25) is 0 Å². The quantitative estimate of drug-likeness (QED) is 0.846. The molecule has 2 heterocycles. The van der Waals surface area contributed by atoms with E-state index < -0.39 is 0 Å². The van der Waals surface area contributed by atoms with E-state index in [9.17, 15) is 4.79 Å². The van der Waals surface area contributed by atoms with Crippen molar-refractivity contribution in [1.82, 2.24) is 20.1 Å². The largest absolute Gasteiger partial charge is 0.468 e. The molecule has 0 aliphatic rings. The standard InChI is InChI=1S/C15H22N4O2/c1-9(2)13(15(20)21-5)16-7-11-6-12-10(3)18-19(4)14(12)17-8-11/h6,8-9,13,16H,7H2,1-5H3. The van der Waals surface area contributed by atoms with Crippen LogP contribution in [-0.2, 0) is 23.1 Å². The molecule has 114 valence electrons. The minimum atomic E-state index is -0.319. The smallest absolute Gasteiger partial charge is 0.323 e. The van der Waals surface area contributed by atoms with E-state index in [-0.39, 0.29) is 17.9 Å². The number of carbonyl (C=O) groups is 1. The highest BCUT2D eigenvalue weighted by Crippen LogP contribution is 2.16. The number of methoxy groups -OCH3 is 1. The van der Waals surface area contributed by atoms with Crippen molar-refractivity contribution in [2.24, 2.45) is 13.0 Å². The van der Waals surface area contributed by atoms with Crippen molar-refractivity contribution in [2.45, 2.75) is 33.4 Å². The van der Waals surface area contributed by atoms with Crippen molar-refractivity contribution in [3.05, 3.63) is 23.5 Å². The molecule has 6 heteroatoms. The van der Waals surface area contributed by atoms with Gasteiger partial charge in [-0.15, -0.1) is 0 Å². The number of ether oxygens (including phenoxy) is 1. The Labute approximate surface area is 124 Å². The molecular weight excluding hydrogens is 268 g/mol. The van der Waals surface area contributed by atoms with E-state index in [1.807, 2.05) is 34.0 Å². The Hall–Kier alpha value is -1.95. The minimum Gasteiger partial charge on any atom is -0.468 e. The zero-order chi connectivity index (χ0) is 15.6. The lowest BCUT2D eigenvalue weighted by molar-refractivity contribution is -0.144. The number of pyridine rings is 1. The average molecular weight is 290 g/mol. The number of nitrogens with zero attached hydrogens (tertiary/aromatic N) is 3. The Kier molecular flexibility index (Phi) is 4.57. The molecule has 1 atom stereocenters. The first-order valence-corrected chi connectivity index (χ1v) is 7.03. The van der Waals surface area contributed by atoms with Crippen molar-refractivity contribution in [3.8, 4) is 0 Å². The lowest BCUT2D eigenvalue weighted by Gasteiger charge is -2.19. The van der Waals surface area contributed by atoms with Crippen molar-refractivity contribution < 1.29 is 9.53 Å². The second-order valence-corrected chi connectivity index (χ2v) is 5.55. The number of nitrogens with one attached hydrogen (secondary N) is 1. The first kappa shape index (κ1) is 15.4. The van der Waals surface area contributed by atoms with E-state index in [0.29, 0.717) is 6.54 Å². The summed E-state index contributed by atoms with van der Waals surface area (Å²) in [6, 6.07) is 1.74. The van der Waals surface area contributed by atoms with Gasteiger partial charge in [-0.2, -0.15) is 5.10 Å². The van der Waals surface area contributed by atoms with Crippen LogP contribution in [-0.4, -0.2) is 33.9 Å². The van der Waals surface area contributed by atoms with Crippen molar-refractivity contribution in [3.63, 3.8) is 0 Å². The van der Waals surface area contributed by atoms with Gasteiger partial charge in [0.15, 0.2) is 5.65 Å². The minimum absolute atomic E-state index is 0.161. The predicted molar refractivity (Wildman–Crippen MR) is 80.7 cm³/mol. The van der Waals surface area contributed by atoms with Crippen molar-refractivity contribution in [1.29, 1.82) is 0 Å². The van der Waals surface area contributed by atoms with Gasteiger partial charge in [-0.3, -0.25) is 9.48 Å². The maximum absolute atomic E-state index is 11.7. The summed E-state index contributed by atoms with van der Waals surface area (Å²) in [5.41, 5.74) is 2.84. The Bertz CT molecular complexity index is 648. The molecule has 6 nitrogen and oxygen atoms in total. The molecule has 0 amide bonds. The number of aryl methyl sites for hydroxylation is 2. The van der Waals surface area contributed by atoms with Crippen LogP contribution in [0.25, 0.3) is 11.0 Å². The van der Waals surface area contributed by atoms with Crippen molar-refractivity contribution in [2.75, 3.05) is 7.11 Å². The number of rotatable bonds is 5. The fourth-order valence-electron chi connectivity index (χ4n) is 2.39. The van der Waals surface area contributed by atoms with Crippen molar-refractivity contribution >= 4 is 17.0 Å². The molecule has 0 saturated carbocycles. The molecule has 1 N–H and O–H groups in total. The lowest BCUT2D eigenvalue weighted by atomic mass is 10.0. The van der Waals surface area contributed by atoms with Gasteiger partial charge in [0.25, 0.3) is 0 Å². The van der Waals surface area contributed by atoms with E-state index >= 15 is 0 Å². The Balaban J connectivity index is 2.16. The number of hydrogen-bond acceptors (Lipinski definition) is 5. The SMILES string of the molecule is COC(=O)C(NCc1cnc2c(c1)c(C)nn2C)C(C)C. The first-order chi connectivity index (χ1) is 9.93. The number of hydrogen-bond donors (Lipinski definition) is 1. The van der Waals surface area contributed by atoms with Crippen LogP contribution >= 0.6 is 0 Å². The summed E-state index contributed by atoms with van der Waals surface area (Å²) in [6.07, 6.45) is 1.81. The topological polar surface area (TPSA) is 69.0 Å². The second-order valence-electron chi connectivity index (χ2n) is 5.55. The molecule has 21 heavy (non-hydrogen) atoms. The summed E-state index contributed by atoms with van der Waals surface area (Å²) in [7, 11) is 3.29. The maximum atomic E-state index is 11.7. The summed E-state index contributed by atoms with van der Waals surface area (Å²) >= 11 is 0. The average Bonchev–Trinajstić information content (AvgIpc) is 2.73. The van der Waals surface area contributed by atoms with Gasteiger partial charge < -0.3 is 10.1 Å². The van der Waals surface area contributed by atoms with Gasteiger partial charge in [-0.1, -0.05) is 13.8 Å². The Morgan fingerprint density at radius 2 is 2.19 bits per heavy atom. The van der Waals surface area contributed by atoms with Gasteiger partial charge >= 0.3 is 5.97 Å². The normalized spacial score (nSPS) is 12.9. The zero-order valence-electron chi connectivity index (χ0n) is 13.2. The molecular formula is C15H22N4O2.